The highest BCUT2D eigenvalue weighted by Crippen LogP contribution is 2.51. The summed E-state index contributed by atoms with van der Waals surface area (Å²) in [6.45, 7) is 4.68. The zero-order valence-corrected chi connectivity index (χ0v) is 34.8. The number of aromatic nitrogens is 1. The van der Waals surface area contributed by atoms with Crippen molar-refractivity contribution >= 4 is 71.8 Å². The van der Waals surface area contributed by atoms with Crippen molar-refractivity contribution in [1.29, 1.82) is 0 Å². The molecule has 0 amide bonds. The van der Waals surface area contributed by atoms with Crippen LogP contribution >= 0.6 is 0 Å². The molecule has 3 heterocycles. The molecule has 9 aromatic carbocycles. The molecule has 0 N–H and O–H groups in total. The van der Waals surface area contributed by atoms with Gasteiger partial charge in [0.2, 0.25) is 0 Å². The van der Waals surface area contributed by atoms with Crippen LogP contribution < -0.4 is 4.90 Å². The largest absolute Gasteiger partial charge is 0.456 e. The van der Waals surface area contributed by atoms with Crippen molar-refractivity contribution in [3.8, 4) is 39.3 Å². The van der Waals surface area contributed by atoms with Gasteiger partial charge in [-0.05, 0) is 124 Å². The Bertz CT molecular complexity index is 3720. The lowest BCUT2D eigenvalue weighted by Gasteiger charge is -2.28. The van der Waals surface area contributed by atoms with Crippen LogP contribution in [-0.4, -0.2) is 4.57 Å². The molecule has 0 saturated carbocycles. The van der Waals surface area contributed by atoms with Crippen LogP contribution in [0.4, 0.5) is 17.1 Å². The summed E-state index contributed by atoms with van der Waals surface area (Å²) in [6, 6.07) is 74.1. The Morgan fingerprint density at radius 1 is 0.429 bits per heavy atom. The monoisotopic (exact) mass is 808 g/mol. The number of rotatable bonds is 6. The molecule has 1 aliphatic rings. The molecule has 0 bridgehead atoms. The minimum Gasteiger partial charge on any atom is -0.456 e. The van der Waals surface area contributed by atoms with Crippen LogP contribution in [0, 0.1) is 0 Å². The van der Waals surface area contributed by atoms with Crippen molar-refractivity contribution in [1.82, 2.24) is 4.57 Å². The lowest BCUT2D eigenvalue weighted by molar-refractivity contribution is 0.631. The van der Waals surface area contributed by atoms with Crippen molar-refractivity contribution in [2.75, 3.05) is 4.90 Å². The summed E-state index contributed by atoms with van der Waals surface area (Å²) in [5.74, 6) is 0.864. The lowest BCUT2D eigenvalue weighted by Crippen LogP contribution is -2.16. The molecule has 0 aliphatic heterocycles. The minimum absolute atomic E-state index is 0.119. The van der Waals surface area contributed by atoms with Crippen LogP contribution in [0.1, 0.15) is 25.0 Å². The summed E-state index contributed by atoms with van der Waals surface area (Å²) in [6.07, 6.45) is 0. The van der Waals surface area contributed by atoms with Crippen molar-refractivity contribution < 1.29 is 8.83 Å². The normalized spacial score (nSPS) is 13.0. The molecule has 4 heteroatoms. The summed E-state index contributed by atoms with van der Waals surface area (Å²) < 4.78 is 15.2. The van der Waals surface area contributed by atoms with Gasteiger partial charge in [-0.1, -0.05) is 129 Å². The SMILES string of the molecule is CC1(C)c2ccccc2-c2ccc(N(c3ccc(-c4ccc(-n5c6ccccc6c6ccc7c8ccccc8oc7c65)cc4)cc3)c3ccc(-c4cc5ccccc5o4)cc3)cc21. The molecule has 0 saturated heterocycles. The van der Waals surface area contributed by atoms with Gasteiger partial charge >= 0.3 is 0 Å². The van der Waals surface area contributed by atoms with E-state index >= 15 is 0 Å². The number of hydrogen-bond acceptors (Lipinski definition) is 3. The van der Waals surface area contributed by atoms with Crippen LogP contribution in [0.25, 0.3) is 94.0 Å². The summed E-state index contributed by atoms with van der Waals surface area (Å²) in [5.41, 5.74) is 17.9. The quantitative estimate of drug-likeness (QED) is 0.168. The Morgan fingerprint density at radius 2 is 1.03 bits per heavy atom. The van der Waals surface area contributed by atoms with E-state index in [0.29, 0.717) is 0 Å². The predicted octanol–water partition coefficient (Wildman–Crippen LogP) is 16.5. The molecular formula is C59H40N2O2. The second kappa shape index (κ2) is 13.5. The average Bonchev–Trinajstić information content (AvgIpc) is 4.09. The second-order valence-corrected chi connectivity index (χ2v) is 17.3. The zero-order valence-electron chi connectivity index (χ0n) is 34.8. The van der Waals surface area contributed by atoms with Gasteiger partial charge in [-0.15, -0.1) is 0 Å². The first kappa shape index (κ1) is 35.7. The van der Waals surface area contributed by atoms with Crippen molar-refractivity contribution in [2.45, 2.75) is 19.3 Å². The maximum Gasteiger partial charge on any atom is 0.160 e. The maximum atomic E-state index is 6.60. The minimum atomic E-state index is -0.119. The van der Waals surface area contributed by atoms with Gasteiger partial charge in [-0.3, -0.25) is 0 Å². The summed E-state index contributed by atoms with van der Waals surface area (Å²) in [7, 11) is 0. The lowest BCUT2D eigenvalue weighted by atomic mass is 9.82. The molecule has 13 rings (SSSR count). The number of nitrogens with zero attached hydrogens (tertiary/aromatic N) is 2. The van der Waals surface area contributed by atoms with Gasteiger partial charge in [-0.25, -0.2) is 0 Å². The highest BCUT2D eigenvalue weighted by atomic mass is 16.3. The van der Waals surface area contributed by atoms with Crippen molar-refractivity contribution in [2.24, 2.45) is 0 Å². The highest BCUT2D eigenvalue weighted by Gasteiger charge is 2.35. The molecule has 4 nitrogen and oxygen atoms in total. The summed E-state index contributed by atoms with van der Waals surface area (Å²) in [4.78, 5) is 2.37. The number of anilines is 3. The molecule has 0 radical (unpaired) electrons. The van der Waals surface area contributed by atoms with E-state index in [1.807, 2.05) is 24.3 Å². The first-order valence-electron chi connectivity index (χ1n) is 21.7. The number of benzene rings is 9. The zero-order chi connectivity index (χ0) is 41.8. The van der Waals surface area contributed by atoms with Gasteiger partial charge in [0.05, 0.1) is 11.0 Å². The molecule has 0 fully saturated rings. The first-order valence-corrected chi connectivity index (χ1v) is 21.7. The van der Waals surface area contributed by atoms with Gasteiger partial charge in [0.25, 0.3) is 0 Å². The van der Waals surface area contributed by atoms with E-state index in [-0.39, 0.29) is 5.41 Å². The van der Waals surface area contributed by atoms with Crippen LogP contribution in [0.3, 0.4) is 0 Å². The van der Waals surface area contributed by atoms with E-state index in [1.165, 1.54) is 33.0 Å². The van der Waals surface area contributed by atoms with Gasteiger partial charge in [0.15, 0.2) is 5.58 Å². The predicted molar refractivity (Wildman–Crippen MR) is 261 cm³/mol. The molecule has 298 valence electrons. The van der Waals surface area contributed by atoms with E-state index in [1.54, 1.807) is 0 Å². The van der Waals surface area contributed by atoms with E-state index in [0.717, 1.165) is 89.1 Å². The van der Waals surface area contributed by atoms with E-state index in [4.69, 9.17) is 8.83 Å². The average molecular weight is 809 g/mol. The van der Waals surface area contributed by atoms with Crippen LogP contribution in [0.2, 0.25) is 0 Å². The van der Waals surface area contributed by atoms with Crippen molar-refractivity contribution in [3.05, 3.63) is 217 Å². The fourth-order valence-electron chi connectivity index (χ4n) is 10.3. The van der Waals surface area contributed by atoms with Gasteiger partial charge < -0.3 is 18.3 Å². The number of para-hydroxylation sites is 3. The standard InChI is InChI=1S/C59H40N2O2/c1-59(2)51-15-7-4-12-45(51)46-32-31-44(36-52(46)59)60(42-29-23-39(24-30-42)56-35-40-11-3-9-17-54(40)62-56)41-25-19-37(20-26-41)38-21-27-43(28-22-38)61-53-16-8-5-13-47(53)49-33-34-50-48-14-6-10-18-55(48)63-58(50)57(49)61/h3-36H,1-2H3. The number of fused-ring (bicyclic) bond motifs is 11. The smallest absolute Gasteiger partial charge is 0.160 e. The van der Waals surface area contributed by atoms with E-state index in [2.05, 4.69) is 205 Å². The third-order valence-corrected chi connectivity index (χ3v) is 13.4. The Kier molecular flexibility index (Phi) is 7.62. The number of hydrogen-bond donors (Lipinski definition) is 0. The second-order valence-electron chi connectivity index (χ2n) is 17.3. The third kappa shape index (κ3) is 5.41. The molecule has 3 aromatic heterocycles. The fourth-order valence-corrected chi connectivity index (χ4v) is 10.3. The molecule has 12 aromatic rings. The molecule has 0 unspecified atom stereocenters. The maximum absolute atomic E-state index is 6.60. The van der Waals surface area contributed by atoms with Crippen LogP contribution in [0.15, 0.2) is 215 Å². The Labute approximate surface area is 364 Å². The summed E-state index contributed by atoms with van der Waals surface area (Å²) >= 11 is 0. The molecule has 1 aliphatic carbocycles. The van der Waals surface area contributed by atoms with E-state index < -0.39 is 0 Å². The van der Waals surface area contributed by atoms with Gasteiger partial charge in [0, 0.05) is 60.7 Å². The van der Waals surface area contributed by atoms with Crippen LogP contribution in [0.5, 0.6) is 0 Å². The fraction of sp³-hybridized carbons (Fsp3) is 0.0508. The Morgan fingerprint density at radius 3 is 1.81 bits per heavy atom. The van der Waals surface area contributed by atoms with Crippen LogP contribution in [-0.2, 0) is 5.41 Å². The van der Waals surface area contributed by atoms with Gasteiger partial charge in [-0.2, -0.15) is 0 Å². The molecule has 63 heavy (non-hydrogen) atoms. The van der Waals surface area contributed by atoms with Gasteiger partial charge in [0.1, 0.15) is 16.9 Å². The Balaban J connectivity index is 0.887. The Hall–Kier alpha value is -8.08. The molecule has 0 spiro atoms. The van der Waals surface area contributed by atoms with E-state index in [9.17, 15) is 0 Å². The topological polar surface area (TPSA) is 34.5 Å². The first-order chi connectivity index (χ1) is 31.0. The van der Waals surface area contributed by atoms with Crippen molar-refractivity contribution in [3.63, 3.8) is 0 Å². The number of furan rings is 2. The highest BCUT2D eigenvalue weighted by molar-refractivity contribution is 6.21. The molecule has 0 atom stereocenters. The third-order valence-electron chi connectivity index (χ3n) is 13.4. The summed E-state index contributed by atoms with van der Waals surface area (Å²) in [5, 5.41) is 5.75. The molecular weight excluding hydrogens is 769 g/mol.